The summed E-state index contributed by atoms with van der Waals surface area (Å²) < 4.78 is 0. The highest BCUT2D eigenvalue weighted by atomic mass is 14.9. The van der Waals surface area contributed by atoms with Crippen molar-refractivity contribution in [3.05, 3.63) is 404 Å². The summed E-state index contributed by atoms with van der Waals surface area (Å²) in [5.74, 6) is 0. The topological polar surface area (TPSA) is 107 Å². The Labute approximate surface area is 647 Å². The van der Waals surface area contributed by atoms with Gasteiger partial charge < -0.3 is 35.2 Å². The summed E-state index contributed by atoms with van der Waals surface area (Å²) in [6.45, 7) is 0. The molecule has 2 aliphatic rings. The Balaban J connectivity index is 0.0000000943. The van der Waals surface area contributed by atoms with E-state index in [4.69, 9.17) is 0 Å². The fourth-order valence-corrected chi connectivity index (χ4v) is 17.0. The molecule has 0 saturated heterocycles. The normalized spacial score (nSPS) is 13.0. The Hall–Kier alpha value is -14.7. The Morgan fingerprint density at radius 2 is 0.589 bits per heavy atom. The van der Waals surface area contributed by atoms with Crippen molar-refractivity contribution in [3.63, 3.8) is 0 Å². The van der Waals surface area contributed by atoms with Crippen molar-refractivity contribution in [1.29, 1.82) is 0 Å². The smallest absolute Gasteiger partial charge is 0.0555 e. The standard InChI is InChI=1S/C27H19N.C26H18N2.C26H20N2.C26H18N2/c1-2-7-20-15-23(14-19(20)6-1)24-10-5-9-18-12-13-22(16-25(18)24)27-17-21-8-3-4-11-26(21)28-27;1-3-13-23-17(7-1)15-25(27-23)21-11-5-10-20-19(21)9-6-12-22(20)26-16-18-8-2-4-14-24(18)28-26;1-3-7-23-19(5-1)15-25(27-23)21-11-9-18-14-22(12-10-17(18)13-21)26-16-20-6-2-4-8-24(20)28-26;1-3-7-23-18(5-1)15-25(27-23)20-11-9-17-10-12-21(14-22(17)13-20)26-16-19-6-2-4-8-24(19)28-26/h1-14,16-17,28H,15H2;1-16,27-28H;1-15,26-28H,16H2;1-16,27-28H. The van der Waals surface area contributed by atoms with Gasteiger partial charge in [-0.3, -0.25) is 0 Å². The van der Waals surface area contributed by atoms with Crippen LogP contribution in [0.1, 0.15) is 33.9 Å². The highest BCUT2D eigenvalue weighted by Gasteiger charge is 2.23. The maximum Gasteiger partial charge on any atom is 0.0555 e. The molecule has 24 rings (SSSR count). The van der Waals surface area contributed by atoms with E-state index < -0.39 is 0 Å². The fourth-order valence-electron chi connectivity index (χ4n) is 17.0. The van der Waals surface area contributed by atoms with Crippen LogP contribution in [0.15, 0.2) is 376 Å². The molecule has 7 heterocycles. The van der Waals surface area contributed by atoms with E-state index in [9.17, 15) is 0 Å². The highest BCUT2D eigenvalue weighted by Crippen LogP contribution is 2.42. The van der Waals surface area contributed by atoms with Gasteiger partial charge in [0.2, 0.25) is 0 Å². The number of nitrogens with one attached hydrogen (secondary N) is 7. The number of H-pyrrole nitrogens is 6. The van der Waals surface area contributed by atoms with Gasteiger partial charge in [-0.25, -0.2) is 0 Å². The van der Waals surface area contributed by atoms with Crippen LogP contribution in [0.4, 0.5) is 5.69 Å². The number of anilines is 1. The first-order chi connectivity index (χ1) is 55.4. The van der Waals surface area contributed by atoms with Gasteiger partial charge in [0.15, 0.2) is 0 Å². The molecule has 0 bridgehead atoms. The molecule has 7 nitrogen and oxygen atoms in total. The highest BCUT2D eigenvalue weighted by molar-refractivity contribution is 6.07. The lowest BCUT2D eigenvalue weighted by atomic mass is 9.95. The molecule has 1 aliphatic carbocycles. The van der Waals surface area contributed by atoms with Crippen LogP contribution in [0.2, 0.25) is 0 Å². The van der Waals surface area contributed by atoms with Gasteiger partial charge in [0.25, 0.3) is 0 Å². The Morgan fingerprint density at radius 1 is 0.223 bits per heavy atom. The van der Waals surface area contributed by atoms with Crippen molar-refractivity contribution in [3.8, 4) is 67.5 Å². The average Bonchev–Trinajstić information content (AvgIpc) is 1.46. The summed E-state index contributed by atoms with van der Waals surface area (Å²) in [6, 6.07) is 135. The van der Waals surface area contributed by atoms with E-state index in [1.807, 2.05) is 0 Å². The Kier molecular flexibility index (Phi) is 16.3. The average molecular weight is 1430 g/mol. The lowest BCUT2D eigenvalue weighted by molar-refractivity contribution is 0.826. The second kappa shape index (κ2) is 27.8. The van der Waals surface area contributed by atoms with Crippen LogP contribution in [0.3, 0.4) is 0 Å². The number of aromatic nitrogens is 6. The van der Waals surface area contributed by atoms with Gasteiger partial charge in [0.05, 0.1) is 6.04 Å². The lowest BCUT2D eigenvalue weighted by Crippen LogP contribution is -2.05. The SMILES string of the molecule is C1=C(c2cccc3ccc(-c4cc5ccccc5[nH]4)cc23)Cc2ccccc21.c1ccc2[nH]c(-c3ccc4ccc(-c5cc6ccccc6[nH]5)cc4c3)cc2c1.c1ccc2[nH]c(-c3cccc4c(-c5cc6ccccc6[nH]5)cccc34)cc2c1.c1ccc2c(c1)CC(c1ccc3cc(-c4cc5ccccc5[nH]4)ccc3c1)N2. The van der Waals surface area contributed by atoms with Gasteiger partial charge in [-0.1, -0.05) is 273 Å². The van der Waals surface area contributed by atoms with Crippen molar-refractivity contribution < 1.29 is 0 Å². The lowest BCUT2D eigenvalue weighted by Gasteiger charge is -2.13. The third kappa shape index (κ3) is 12.5. The van der Waals surface area contributed by atoms with Crippen LogP contribution in [0, 0.1) is 0 Å². The molecule has 22 aromatic rings. The molecule has 0 spiro atoms. The van der Waals surface area contributed by atoms with Crippen LogP contribution >= 0.6 is 0 Å². The van der Waals surface area contributed by atoms with E-state index in [2.05, 4.69) is 417 Å². The Morgan fingerprint density at radius 3 is 1.07 bits per heavy atom. The quantitative estimate of drug-likeness (QED) is 0.0809. The van der Waals surface area contributed by atoms with Crippen molar-refractivity contribution in [2.75, 3.05) is 5.32 Å². The monoisotopic (exact) mass is 1430 g/mol. The molecule has 0 radical (unpaired) electrons. The molecule has 6 aromatic heterocycles. The van der Waals surface area contributed by atoms with Crippen molar-refractivity contribution >= 4 is 126 Å². The van der Waals surface area contributed by atoms with E-state index in [1.54, 1.807) is 0 Å². The molecule has 7 heteroatoms. The molecule has 530 valence electrons. The summed E-state index contributed by atoms with van der Waals surface area (Å²) >= 11 is 0. The van der Waals surface area contributed by atoms with Crippen molar-refractivity contribution in [1.82, 2.24) is 29.9 Å². The largest absolute Gasteiger partial charge is 0.378 e. The molecule has 0 saturated carbocycles. The molecule has 112 heavy (non-hydrogen) atoms. The van der Waals surface area contributed by atoms with Crippen LogP contribution in [0.5, 0.6) is 0 Å². The van der Waals surface area contributed by atoms with Crippen LogP contribution in [-0.2, 0) is 12.8 Å². The number of allylic oxidation sites excluding steroid dienone is 1. The molecule has 7 N–H and O–H groups in total. The number of fused-ring (bicyclic) bond motifs is 12. The van der Waals surface area contributed by atoms with Gasteiger partial charge in [-0.15, -0.1) is 0 Å². The zero-order chi connectivity index (χ0) is 74.0. The van der Waals surface area contributed by atoms with E-state index in [-0.39, 0.29) is 0 Å². The van der Waals surface area contributed by atoms with Crippen molar-refractivity contribution in [2.45, 2.75) is 18.9 Å². The van der Waals surface area contributed by atoms with E-state index in [0.717, 1.165) is 35.6 Å². The Bertz CT molecular complexity index is 6960. The predicted molar refractivity (Wildman–Crippen MR) is 474 cm³/mol. The van der Waals surface area contributed by atoms with E-state index in [1.165, 1.54) is 192 Å². The van der Waals surface area contributed by atoms with E-state index >= 15 is 0 Å². The molecule has 0 fully saturated rings. The summed E-state index contributed by atoms with van der Waals surface area (Å²) in [6.07, 6.45) is 4.40. The molecule has 1 atom stereocenters. The number of hydrogen-bond acceptors (Lipinski definition) is 1. The second-order valence-electron chi connectivity index (χ2n) is 29.8. The van der Waals surface area contributed by atoms with Gasteiger partial charge in [-0.05, 0) is 221 Å². The first kappa shape index (κ1) is 65.6. The van der Waals surface area contributed by atoms with Crippen LogP contribution in [0.25, 0.3) is 188 Å². The zero-order valence-corrected chi connectivity index (χ0v) is 61.4. The van der Waals surface area contributed by atoms with E-state index in [0.29, 0.717) is 6.04 Å². The van der Waals surface area contributed by atoms with Crippen molar-refractivity contribution in [2.24, 2.45) is 0 Å². The molecular formula is C105H75N7. The number of rotatable bonds is 8. The predicted octanol–water partition coefficient (Wildman–Crippen LogP) is 28.1. The number of para-hydroxylation sites is 7. The first-order valence-corrected chi connectivity index (χ1v) is 38.6. The molecule has 16 aromatic carbocycles. The maximum atomic E-state index is 3.66. The summed E-state index contributed by atoms with van der Waals surface area (Å²) in [5.41, 5.74) is 30.8. The molecule has 1 unspecified atom stereocenters. The number of hydrogen-bond donors (Lipinski definition) is 7. The summed E-state index contributed by atoms with van der Waals surface area (Å²) in [7, 11) is 0. The summed E-state index contributed by atoms with van der Waals surface area (Å²) in [5, 5.41) is 21.3. The maximum absolute atomic E-state index is 3.66. The number of aromatic amines is 6. The van der Waals surface area contributed by atoms with Crippen LogP contribution < -0.4 is 5.32 Å². The molecule has 0 amide bonds. The van der Waals surface area contributed by atoms with Crippen LogP contribution in [-0.4, -0.2) is 29.9 Å². The summed E-state index contributed by atoms with van der Waals surface area (Å²) in [4.78, 5) is 21.3. The fraction of sp³-hybridized carbons (Fsp3) is 0.0286. The third-order valence-corrected chi connectivity index (χ3v) is 22.8. The molecular weight excluding hydrogens is 1360 g/mol. The third-order valence-electron chi connectivity index (χ3n) is 22.8. The first-order valence-electron chi connectivity index (χ1n) is 38.6. The number of benzene rings is 16. The van der Waals surface area contributed by atoms with Gasteiger partial charge >= 0.3 is 0 Å². The molecule has 1 aliphatic heterocycles. The van der Waals surface area contributed by atoms with Gasteiger partial charge in [0.1, 0.15) is 0 Å². The zero-order valence-electron chi connectivity index (χ0n) is 61.4. The second-order valence-corrected chi connectivity index (χ2v) is 29.8. The van der Waals surface area contributed by atoms with Gasteiger partial charge in [0, 0.05) is 116 Å². The minimum Gasteiger partial charge on any atom is -0.378 e. The van der Waals surface area contributed by atoms with Gasteiger partial charge in [-0.2, -0.15) is 0 Å². The minimum absolute atomic E-state index is 0.357. The minimum atomic E-state index is 0.357.